The third-order valence-corrected chi connectivity index (χ3v) is 7.29. The molecule has 1 fully saturated rings. The first-order chi connectivity index (χ1) is 16.5. The molecule has 0 bridgehead atoms. The summed E-state index contributed by atoms with van der Waals surface area (Å²) in [7, 11) is 0. The monoisotopic (exact) mass is 492 g/mol. The third-order valence-electron chi connectivity index (χ3n) is 5.51. The fourth-order valence-corrected chi connectivity index (χ4v) is 5.55. The summed E-state index contributed by atoms with van der Waals surface area (Å²) in [6, 6.07) is 15.7. The number of carbonyl (C=O) groups is 2. The van der Waals surface area contributed by atoms with Gasteiger partial charge in [-0.1, -0.05) is 30.3 Å². The lowest BCUT2D eigenvalue weighted by Gasteiger charge is -2.26. The van der Waals surface area contributed by atoms with E-state index in [4.69, 9.17) is 0 Å². The summed E-state index contributed by atoms with van der Waals surface area (Å²) in [5, 5.41) is 5.40. The number of anilines is 3. The number of hydrogen-bond acceptors (Lipinski definition) is 6. The van der Waals surface area contributed by atoms with Crippen molar-refractivity contribution in [2.45, 2.75) is 20.4 Å². The molecule has 0 spiro atoms. The molecule has 0 unspecified atom stereocenters. The molecule has 2 amide bonds. The van der Waals surface area contributed by atoms with Crippen LogP contribution < -0.4 is 10.2 Å². The summed E-state index contributed by atoms with van der Waals surface area (Å²) >= 11 is 3.36. The fourth-order valence-electron chi connectivity index (χ4n) is 3.71. The SMILES string of the molecule is CC(=O)N(c1ccccc1)c1nc(/C=C/C(=O)Nc2cc(CN3CCSCC3)ccc2C)cs1. The number of rotatable bonds is 7. The first-order valence-electron chi connectivity index (χ1n) is 11.2. The molecule has 0 aliphatic carbocycles. The summed E-state index contributed by atoms with van der Waals surface area (Å²) in [5.74, 6) is 2.02. The predicted molar refractivity (Wildman–Crippen MR) is 143 cm³/mol. The molecule has 34 heavy (non-hydrogen) atoms. The maximum absolute atomic E-state index is 12.6. The number of thioether (sulfide) groups is 1. The number of amides is 2. The van der Waals surface area contributed by atoms with Crippen LogP contribution in [0.1, 0.15) is 23.7 Å². The molecule has 0 atom stereocenters. The third kappa shape index (κ3) is 6.34. The van der Waals surface area contributed by atoms with E-state index in [-0.39, 0.29) is 11.8 Å². The van der Waals surface area contributed by atoms with Gasteiger partial charge in [0.25, 0.3) is 0 Å². The molecular weight excluding hydrogens is 464 g/mol. The van der Waals surface area contributed by atoms with E-state index in [1.54, 1.807) is 11.0 Å². The highest BCUT2D eigenvalue weighted by atomic mass is 32.2. The first kappa shape index (κ1) is 24.2. The van der Waals surface area contributed by atoms with Crippen LogP contribution in [0.25, 0.3) is 6.08 Å². The van der Waals surface area contributed by atoms with Crippen molar-refractivity contribution in [3.8, 4) is 0 Å². The highest BCUT2D eigenvalue weighted by Gasteiger charge is 2.17. The number of nitrogens with one attached hydrogen (secondary N) is 1. The number of benzene rings is 2. The molecule has 1 saturated heterocycles. The molecule has 8 heteroatoms. The zero-order valence-electron chi connectivity index (χ0n) is 19.4. The second-order valence-corrected chi connectivity index (χ2v) is 10.2. The van der Waals surface area contributed by atoms with Gasteiger partial charge in [0.15, 0.2) is 5.13 Å². The van der Waals surface area contributed by atoms with E-state index in [9.17, 15) is 9.59 Å². The van der Waals surface area contributed by atoms with Gasteiger partial charge in [-0.25, -0.2) is 4.98 Å². The van der Waals surface area contributed by atoms with Crippen LogP contribution in [-0.2, 0) is 16.1 Å². The smallest absolute Gasteiger partial charge is 0.248 e. The largest absolute Gasteiger partial charge is 0.322 e. The zero-order valence-corrected chi connectivity index (χ0v) is 21.0. The maximum Gasteiger partial charge on any atom is 0.248 e. The quantitative estimate of drug-likeness (QED) is 0.451. The number of aromatic nitrogens is 1. The van der Waals surface area contributed by atoms with E-state index in [2.05, 4.69) is 33.4 Å². The molecule has 0 saturated carbocycles. The molecule has 3 aromatic rings. The lowest BCUT2D eigenvalue weighted by Crippen LogP contribution is -2.31. The maximum atomic E-state index is 12.6. The Morgan fingerprint density at radius 1 is 1.15 bits per heavy atom. The van der Waals surface area contributed by atoms with E-state index < -0.39 is 0 Å². The van der Waals surface area contributed by atoms with Crippen LogP contribution in [0.2, 0.25) is 0 Å². The Kier molecular flexibility index (Phi) is 8.16. The predicted octanol–water partition coefficient (Wildman–Crippen LogP) is 5.34. The van der Waals surface area contributed by atoms with Crippen LogP contribution in [0.15, 0.2) is 60.0 Å². The summed E-state index contributed by atoms with van der Waals surface area (Å²) in [6.07, 6.45) is 3.15. The van der Waals surface area contributed by atoms with Crippen molar-refractivity contribution in [1.29, 1.82) is 0 Å². The topological polar surface area (TPSA) is 65.5 Å². The van der Waals surface area contributed by atoms with Crippen molar-refractivity contribution < 1.29 is 9.59 Å². The summed E-state index contributed by atoms with van der Waals surface area (Å²) in [5.41, 5.74) is 4.44. The van der Waals surface area contributed by atoms with Crippen LogP contribution in [-0.4, -0.2) is 46.3 Å². The molecule has 4 rings (SSSR count). The molecular formula is C26H28N4O2S2. The van der Waals surface area contributed by atoms with Crippen molar-refractivity contribution in [2.24, 2.45) is 0 Å². The van der Waals surface area contributed by atoms with Crippen LogP contribution in [0.5, 0.6) is 0 Å². The van der Waals surface area contributed by atoms with E-state index >= 15 is 0 Å². The summed E-state index contributed by atoms with van der Waals surface area (Å²) in [4.78, 5) is 33.4. The summed E-state index contributed by atoms with van der Waals surface area (Å²) in [6.45, 7) is 6.61. The zero-order chi connectivity index (χ0) is 23.9. The molecule has 1 aliphatic rings. The minimum Gasteiger partial charge on any atom is -0.322 e. The van der Waals surface area contributed by atoms with Crippen LogP contribution in [0, 0.1) is 6.92 Å². The Hall–Kier alpha value is -2.94. The average molecular weight is 493 g/mol. The van der Waals surface area contributed by atoms with Crippen LogP contribution >= 0.6 is 23.1 Å². The Labute approximate surface area is 208 Å². The lowest BCUT2D eigenvalue weighted by molar-refractivity contribution is -0.116. The van der Waals surface area contributed by atoms with Gasteiger partial charge in [-0.2, -0.15) is 11.8 Å². The molecule has 2 aromatic carbocycles. The molecule has 6 nitrogen and oxygen atoms in total. The molecule has 0 radical (unpaired) electrons. The second-order valence-electron chi connectivity index (χ2n) is 8.11. The van der Waals surface area contributed by atoms with Crippen molar-refractivity contribution in [2.75, 3.05) is 34.8 Å². The van der Waals surface area contributed by atoms with Crippen LogP contribution in [0.4, 0.5) is 16.5 Å². The highest BCUT2D eigenvalue weighted by molar-refractivity contribution is 7.99. The van der Waals surface area contributed by atoms with Gasteiger partial charge in [-0.3, -0.25) is 19.4 Å². The first-order valence-corrected chi connectivity index (χ1v) is 13.2. The van der Waals surface area contributed by atoms with E-state index in [1.165, 1.54) is 41.4 Å². The number of carbonyl (C=O) groups excluding carboxylic acids is 2. The molecule has 176 valence electrons. The minimum atomic E-state index is -0.212. The van der Waals surface area contributed by atoms with Gasteiger partial charge < -0.3 is 5.32 Å². The van der Waals surface area contributed by atoms with Crippen molar-refractivity contribution >= 4 is 57.5 Å². The fraction of sp³-hybridized carbons (Fsp3) is 0.269. The van der Waals surface area contributed by atoms with Crippen molar-refractivity contribution in [1.82, 2.24) is 9.88 Å². The lowest BCUT2D eigenvalue weighted by atomic mass is 10.1. The van der Waals surface area contributed by atoms with Gasteiger partial charge in [0, 0.05) is 55.2 Å². The van der Waals surface area contributed by atoms with Gasteiger partial charge in [0.1, 0.15) is 0 Å². The van der Waals surface area contributed by atoms with Gasteiger partial charge in [-0.05, 0) is 42.3 Å². The van der Waals surface area contributed by atoms with Crippen molar-refractivity contribution in [3.05, 3.63) is 76.8 Å². The van der Waals surface area contributed by atoms with Crippen molar-refractivity contribution in [3.63, 3.8) is 0 Å². The van der Waals surface area contributed by atoms with E-state index in [0.29, 0.717) is 10.8 Å². The van der Waals surface area contributed by atoms with Gasteiger partial charge in [0.05, 0.1) is 11.4 Å². The average Bonchev–Trinajstić information content (AvgIpc) is 3.29. The van der Waals surface area contributed by atoms with E-state index in [1.807, 2.05) is 54.4 Å². The Bertz CT molecular complexity index is 1170. The number of thiazole rings is 1. The second kappa shape index (κ2) is 11.5. The van der Waals surface area contributed by atoms with Gasteiger partial charge >= 0.3 is 0 Å². The summed E-state index contributed by atoms with van der Waals surface area (Å²) < 4.78 is 0. The Morgan fingerprint density at radius 3 is 2.65 bits per heavy atom. The number of para-hydroxylation sites is 1. The number of aryl methyl sites for hydroxylation is 1. The number of nitrogens with zero attached hydrogens (tertiary/aromatic N) is 3. The van der Waals surface area contributed by atoms with Gasteiger partial charge in [-0.15, -0.1) is 11.3 Å². The molecule has 1 N–H and O–H groups in total. The molecule has 1 aromatic heterocycles. The molecule has 2 heterocycles. The van der Waals surface area contributed by atoms with E-state index in [0.717, 1.165) is 36.6 Å². The Balaban J connectivity index is 1.41. The standard InChI is InChI=1S/C26H28N4O2S2/c1-19-8-9-21(17-29-12-14-33-15-13-29)16-24(19)28-25(32)11-10-22-18-34-26(27-22)30(20(2)31)23-6-4-3-5-7-23/h3-11,16,18H,12-15,17H2,1-2H3,(H,28,32)/b11-10+. The van der Waals surface area contributed by atoms with Crippen LogP contribution in [0.3, 0.4) is 0 Å². The highest BCUT2D eigenvalue weighted by Crippen LogP contribution is 2.29. The Morgan fingerprint density at radius 2 is 1.91 bits per heavy atom. The normalized spacial score (nSPS) is 14.3. The van der Waals surface area contributed by atoms with Gasteiger partial charge in [0.2, 0.25) is 11.8 Å². The molecule has 1 aliphatic heterocycles. The number of hydrogen-bond donors (Lipinski definition) is 1. The minimum absolute atomic E-state index is 0.118.